The van der Waals surface area contributed by atoms with Crippen molar-refractivity contribution in [3.63, 3.8) is 0 Å². The second kappa shape index (κ2) is 5.72. The number of nitrogens with zero attached hydrogens (tertiary/aromatic N) is 2. The van der Waals surface area contributed by atoms with Crippen LogP contribution in [0.1, 0.15) is 49.6 Å². The Balaban J connectivity index is 1.76. The van der Waals surface area contributed by atoms with Gasteiger partial charge in [0, 0.05) is 18.0 Å². The van der Waals surface area contributed by atoms with Gasteiger partial charge in [0.05, 0.1) is 12.3 Å². The van der Waals surface area contributed by atoms with Crippen molar-refractivity contribution in [1.29, 1.82) is 0 Å². The third-order valence-corrected chi connectivity index (χ3v) is 5.30. The molecule has 1 aromatic heterocycles. The van der Waals surface area contributed by atoms with E-state index in [-0.39, 0.29) is 11.9 Å². The highest BCUT2D eigenvalue weighted by Crippen LogP contribution is 2.41. The first-order valence-electron chi connectivity index (χ1n) is 7.64. The van der Waals surface area contributed by atoms with Crippen molar-refractivity contribution >= 4 is 22.4 Å². The van der Waals surface area contributed by atoms with E-state index in [4.69, 9.17) is 9.72 Å². The standard InChI is InChI=1S/C15H22N2O2S/c1-3-17(9-10-5-6-10)15-16-13-11(14(18)19-4-2)7-8-12(13)20-15/h10-11H,3-9H2,1-2H3. The summed E-state index contributed by atoms with van der Waals surface area (Å²) < 4.78 is 5.17. The Morgan fingerprint density at radius 1 is 1.40 bits per heavy atom. The molecular formula is C15H22N2O2S. The van der Waals surface area contributed by atoms with E-state index in [1.165, 1.54) is 17.7 Å². The summed E-state index contributed by atoms with van der Waals surface area (Å²) in [6.07, 6.45) is 4.54. The van der Waals surface area contributed by atoms with Gasteiger partial charge >= 0.3 is 5.97 Å². The van der Waals surface area contributed by atoms with Gasteiger partial charge < -0.3 is 9.64 Å². The van der Waals surface area contributed by atoms with E-state index >= 15 is 0 Å². The molecule has 2 aliphatic carbocycles. The third kappa shape index (κ3) is 2.68. The number of esters is 1. The van der Waals surface area contributed by atoms with Crippen molar-refractivity contribution in [2.24, 2.45) is 5.92 Å². The van der Waals surface area contributed by atoms with Gasteiger partial charge in [-0.3, -0.25) is 4.79 Å². The fourth-order valence-electron chi connectivity index (χ4n) is 2.78. The quantitative estimate of drug-likeness (QED) is 0.757. The molecule has 0 bridgehead atoms. The fourth-order valence-corrected chi connectivity index (χ4v) is 3.99. The zero-order valence-electron chi connectivity index (χ0n) is 12.2. The molecule has 20 heavy (non-hydrogen) atoms. The maximum absolute atomic E-state index is 12.0. The average molecular weight is 294 g/mol. The molecule has 5 heteroatoms. The maximum atomic E-state index is 12.0. The van der Waals surface area contributed by atoms with Crippen LogP contribution in [0.2, 0.25) is 0 Å². The Morgan fingerprint density at radius 2 is 2.20 bits per heavy atom. The number of anilines is 1. The number of ether oxygens (including phenoxy) is 1. The maximum Gasteiger partial charge on any atom is 0.315 e. The largest absolute Gasteiger partial charge is 0.465 e. The molecular weight excluding hydrogens is 272 g/mol. The Labute approximate surface area is 124 Å². The second-order valence-corrected chi connectivity index (χ2v) is 6.69. The van der Waals surface area contributed by atoms with Gasteiger partial charge in [-0.15, -0.1) is 11.3 Å². The molecule has 1 atom stereocenters. The summed E-state index contributed by atoms with van der Waals surface area (Å²) in [7, 11) is 0. The van der Waals surface area contributed by atoms with Crippen molar-refractivity contribution in [2.45, 2.75) is 45.4 Å². The molecule has 1 unspecified atom stereocenters. The first kappa shape index (κ1) is 13.9. The van der Waals surface area contributed by atoms with Crippen molar-refractivity contribution in [1.82, 2.24) is 4.98 Å². The van der Waals surface area contributed by atoms with Gasteiger partial charge in [-0.2, -0.15) is 0 Å². The van der Waals surface area contributed by atoms with Crippen LogP contribution in [-0.2, 0) is 16.0 Å². The third-order valence-electron chi connectivity index (χ3n) is 4.11. The van der Waals surface area contributed by atoms with Gasteiger partial charge in [0.25, 0.3) is 0 Å². The summed E-state index contributed by atoms with van der Waals surface area (Å²) in [5, 5.41) is 1.10. The molecule has 1 saturated carbocycles. The predicted molar refractivity (Wildman–Crippen MR) is 80.4 cm³/mol. The normalized spacial score (nSPS) is 20.8. The lowest BCUT2D eigenvalue weighted by Crippen LogP contribution is -2.25. The number of hydrogen-bond donors (Lipinski definition) is 0. The molecule has 2 aliphatic rings. The predicted octanol–water partition coefficient (Wildman–Crippen LogP) is 2.97. The van der Waals surface area contributed by atoms with E-state index in [0.29, 0.717) is 6.61 Å². The molecule has 1 heterocycles. The van der Waals surface area contributed by atoms with Gasteiger partial charge in [0.2, 0.25) is 0 Å². The SMILES string of the molecule is CCOC(=O)C1CCc2sc(N(CC)CC3CC3)nc21. The molecule has 0 aromatic carbocycles. The lowest BCUT2D eigenvalue weighted by molar-refractivity contribution is -0.145. The zero-order valence-corrected chi connectivity index (χ0v) is 13.0. The van der Waals surface area contributed by atoms with Gasteiger partial charge in [-0.25, -0.2) is 4.98 Å². The number of fused-ring (bicyclic) bond motifs is 1. The van der Waals surface area contributed by atoms with Crippen molar-refractivity contribution < 1.29 is 9.53 Å². The van der Waals surface area contributed by atoms with Crippen molar-refractivity contribution in [2.75, 3.05) is 24.6 Å². The smallest absolute Gasteiger partial charge is 0.315 e. The van der Waals surface area contributed by atoms with Crippen LogP contribution in [0, 0.1) is 5.92 Å². The number of carbonyl (C=O) groups excluding carboxylic acids is 1. The number of thiazole rings is 1. The Morgan fingerprint density at radius 3 is 2.85 bits per heavy atom. The molecule has 0 aliphatic heterocycles. The molecule has 0 radical (unpaired) electrons. The Bertz CT molecular complexity index is 496. The van der Waals surface area contributed by atoms with Gasteiger partial charge in [-0.1, -0.05) is 0 Å². The lowest BCUT2D eigenvalue weighted by atomic mass is 10.1. The van der Waals surface area contributed by atoms with E-state index in [1.54, 1.807) is 11.3 Å². The summed E-state index contributed by atoms with van der Waals surface area (Å²) in [5.74, 6) is 0.623. The zero-order chi connectivity index (χ0) is 14.1. The highest BCUT2D eigenvalue weighted by Gasteiger charge is 2.34. The molecule has 1 aromatic rings. The number of aryl methyl sites for hydroxylation is 1. The highest BCUT2D eigenvalue weighted by atomic mass is 32.1. The molecule has 0 saturated heterocycles. The molecule has 3 rings (SSSR count). The molecule has 0 amide bonds. The lowest BCUT2D eigenvalue weighted by Gasteiger charge is -2.19. The number of aromatic nitrogens is 1. The van der Waals surface area contributed by atoms with Crippen LogP contribution in [0.4, 0.5) is 5.13 Å². The van der Waals surface area contributed by atoms with Crippen molar-refractivity contribution in [3.05, 3.63) is 10.6 Å². The van der Waals surface area contributed by atoms with Crippen LogP contribution < -0.4 is 4.90 Å². The number of hydrogen-bond acceptors (Lipinski definition) is 5. The van der Waals surface area contributed by atoms with Crippen LogP contribution in [-0.4, -0.2) is 30.6 Å². The first-order valence-corrected chi connectivity index (χ1v) is 8.45. The Hall–Kier alpha value is -1.10. The molecule has 1 fully saturated rings. The Kier molecular flexibility index (Phi) is 3.96. The van der Waals surface area contributed by atoms with E-state index in [2.05, 4.69) is 11.8 Å². The van der Waals surface area contributed by atoms with Crippen LogP contribution in [0.15, 0.2) is 0 Å². The van der Waals surface area contributed by atoms with Crippen molar-refractivity contribution in [3.8, 4) is 0 Å². The summed E-state index contributed by atoms with van der Waals surface area (Å²) >= 11 is 1.77. The molecule has 0 N–H and O–H groups in total. The second-order valence-electron chi connectivity index (χ2n) is 5.63. The summed E-state index contributed by atoms with van der Waals surface area (Å²) in [4.78, 5) is 20.4. The molecule has 0 spiro atoms. The van der Waals surface area contributed by atoms with Crippen LogP contribution in [0.5, 0.6) is 0 Å². The number of carbonyl (C=O) groups is 1. The van der Waals surface area contributed by atoms with Crippen LogP contribution in [0.3, 0.4) is 0 Å². The summed E-state index contributed by atoms with van der Waals surface area (Å²) in [6, 6.07) is 0. The van der Waals surface area contributed by atoms with E-state index in [0.717, 1.165) is 42.7 Å². The summed E-state index contributed by atoms with van der Waals surface area (Å²) in [6.45, 7) is 6.59. The van der Waals surface area contributed by atoms with E-state index < -0.39 is 0 Å². The van der Waals surface area contributed by atoms with E-state index in [9.17, 15) is 4.79 Å². The highest BCUT2D eigenvalue weighted by molar-refractivity contribution is 7.15. The number of rotatable bonds is 6. The van der Waals surface area contributed by atoms with Crippen LogP contribution >= 0.6 is 11.3 Å². The fraction of sp³-hybridized carbons (Fsp3) is 0.733. The summed E-state index contributed by atoms with van der Waals surface area (Å²) in [5.41, 5.74) is 0.984. The topological polar surface area (TPSA) is 42.4 Å². The average Bonchev–Trinajstić information content (AvgIpc) is 3.01. The van der Waals surface area contributed by atoms with E-state index in [1.807, 2.05) is 6.92 Å². The molecule has 4 nitrogen and oxygen atoms in total. The minimum absolute atomic E-state index is 0.103. The van der Waals surface area contributed by atoms with Gasteiger partial charge in [0.15, 0.2) is 5.13 Å². The minimum Gasteiger partial charge on any atom is -0.465 e. The van der Waals surface area contributed by atoms with Gasteiger partial charge in [0.1, 0.15) is 5.92 Å². The monoisotopic (exact) mass is 294 g/mol. The van der Waals surface area contributed by atoms with Crippen LogP contribution in [0.25, 0.3) is 0 Å². The first-order chi connectivity index (χ1) is 9.72. The minimum atomic E-state index is -0.130. The molecule has 110 valence electrons. The van der Waals surface area contributed by atoms with Gasteiger partial charge in [-0.05, 0) is 45.4 Å².